The first-order chi connectivity index (χ1) is 29.0. The number of epoxide rings is 1. The third kappa shape index (κ3) is 11.1. The highest BCUT2D eigenvalue weighted by Crippen LogP contribution is 2.54. The van der Waals surface area contributed by atoms with E-state index >= 15 is 0 Å². The van der Waals surface area contributed by atoms with Crippen LogP contribution >= 0.6 is 0 Å². The van der Waals surface area contributed by atoms with Crippen LogP contribution in [0.15, 0.2) is 30.3 Å². The van der Waals surface area contributed by atoms with Crippen molar-refractivity contribution in [2.45, 2.75) is 191 Å². The molecule has 0 radical (unpaired) electrons. The van der Waals surface area contributed by atoms with Crippen LogP contribution in [0.25, 0.3) is 0 Å². The van der Waals surface area contributed by atoms with E-state index in [0.717, 1.165) is 5.56 Å². The van der Waals surface area contributed by atoms with E-state index in [-0.39, 0.29) is 43.4 Å². The van der Waals surface area contributed by atoms with Crippen LogP contribution in [0.2, 0.25) is 0 Å². The molecule has 0 amide bonds. The molecule has 3 heterocycles. The number of aliphatic hydroxyl groups excluding tert-OH is 1. The van der Waals surface area contributed by atoms with Crippen molar-refractivity contribution in [1.29, 1.82) is 0 Å². The van der Waals surface area contributed by atoms with E-state index < -0.39 is 95.3 Å². The van der Waals surface area contributed by atoms with Gasteiger partial charge in [-0.1, -0.05) is 58.0 Å². The Hall–Kier alpha value is -2.44. The Balaban J connectivity index is 1.56. The van der Waals surface area contributed by atoms with Crippen molar-refractivity contribution in [3.63, 3.8) is 0 Å². The van der Waals surface area contributed by atoms with Gasteiger partial charge < -0.3 is 63.4 Å². The van der Waals surface area contributed by atoms with Crippen molar-refractivity contribution in [3.05, 3.63) is 35.9 Å². The first-order valence-corrected chi connectivity index (χ1v) is 22.8. The van der Waals surface area contributed by atoms with E-state index in [2.05, 4.69) is 12.2 Å². The van der Waals surface area contributed by atoms with Crippen LogP contribution in [0.4, 0.5) is 4.79 Å². The summed E-state index contributed by atoms with van der Waals surface area (Å²) in [5, 5.41) is 39.4. The van der Waals surface area contributed by atoms with E-state index in [1.54, 1.807) is 34.8 Å². The first kappa shape index (κ1) is 50.6. The van der Waals surface area contributed by atoms with E-state index in [1.165, 1.54) is 6.92 Å². The maximum Gasteiger partial charge on any atom is 0.509 e. The van der Waals surface area contributed by atoms with Crippen LogP contribution in [0, 0.1) is 23.7 Å². The number of cyclic esters (lactones) is 1. The van der Waals surface area contributed by atoms with Gasteiger partial charge in [0.25, 0.3) is 0 Å². The minimum Gasteiger partial charge on any atom is -0.459 e. The van der Waals surface area contributed by atoms with Gasteiger partial charge in [-0.15, -0.1) is 0 Å². The van der Waals surface area contributed by atoms with Gasteiger partial charge in [-0.2, -0.15) is 0 Å². The monoisotopic (exact) mass is 879 g/mol. The Bertz CT molecular complexity index is 1610. The second-order valence-corrected chi connectivity index (χ2v) is 19.9. The molecule has 2 unspecified atom stereocenters. The fraction of sp³-hybridized carbons (Fsp3) is 0.830. The summed E-state index contributed by atoms with van der Waals surface area (Å²) in [6.07, 6.45) is -6.01. The molecule has 1 aromatic carbocycles. The number of nitrogens with one attached hydrogen (secondary N) is 1. The summed E-state index contributed by atoms with van der Waals surface area (Å²) < 4.78 is 50.7. The molecule has 4 fully saturated rings. The number of hydrogen-bond acceptors (Lipinski definition) is 15. The highest BCUT2D eigenvalue weighted by atomic mass is 16.8. The summed E-state index contributed by atoms with van der Waals surface area (Å²) in [5.41, 5.74) is -3.70. The Kier molecular flexibility index (Phi) is 16.6. The number of hydrogen-bond donors (Lipinski definition) is 4. The highest BCUT2D eigenvalue weighted by molar-refractivity contribution is 5.73. The number of nitrogens with zero attached hydrogens (tertiary/aromatic N) is 1. The van der Waals surface area contributed by atoms with Crippen molar-refractivity contribution in [2.24, 2.45) is 23.7 Å². The van der Waals surface area contributed by atoms with Crippen LogP contribution in [0.1, 0.15) is 107 Å². The number of benzene rings is 1. The molecule has 15 heteroatoms. The molecule has 4 N–H and O–H groups in total. The van der Waals surface area contributed by atoms with Crippen molar-refractivity contribution in [3.8, 4) is 0 Å². The number of aliphatic hydroxyl groups is 3. The molecule has 1 spiro atoms. The topological polar surface area (TPSA) is 187 Å². The predicted molar refractivity (Wildman–Crippen MR) is 231 cm³/mol. The largest absolute Gasteiger partial charge is 0.509 e. The zero-order valence-corrected chi connectivity index (χ0v) is 39.5. The molecule has 3 saturated heterocycles. The van der Waals surface area contributed by atoms with E-state index in [1.807, 2.05) is 77.0 Å². The second kappa shape index (κ2) is 20.4. The van der Waals surface area contributed by atoms with Gasteiger partial charge in [0.05, 0.1) is 54.2 Å². The summed E-state index contributed by atoms with van der Waals surface area (Å²) in [6.45, 7) is 19.4. The molecule has 1 saturated carbocycles. The minimum atomic E-state index is -1.80. The van der Waals surface area contributed by atoms with E-state index in [4.69, 9.17) is 37.9 Å². The number of likely N-dealkylation sites (N-methyl/N-ethyl adjacent to an activating group) is 1. The average molecular weight is 879 g/mol. The number of rotatable bonds is 10. The molecule has 4 aliphatic rings. The number of carbonyl (C=O) groups is 2. The van der Waals surface area contributed by atoms with Gasteiger partial charge in [-0.3, -0.25) is 4.79 Å². The van der Waals surface area contributed by atoms with Crippen LogP contribution in [-0.4, -0.2) is 150 Å². The van der Waals surface area contributed by atoms with Gasteiger partial charge in [-0.25, -0.2) is 4.79 Å². The second-order valence-electron chi connectivity index (χ2n) is 19.9. The van der Waals surface area contributed by atoms with Crippen LogP contribution in [0.3, 0.4) is 0 Å². The van der Waals surface area contributed by atoms with Gasteiger partial charge in [0, 0.05) is 25.5 Å². The molecular weight excluding hydrogens is 801 g/mol. The summed E-state index contributed by atoms with van der Waals surface area (Å²) in [5.74, 6) is -2.42. The van der Waals surface area contributed by atoms with Gasteiger partial charge in [0.2, 0.25) is 0 Å². The molecule has 354 valence electrons. The van der Waals surface area contributed by atoms with Crippen molar-refractivity contribution in [1.82, 2.24) is 10.2 Å². The fourth-order valence-corrected chi connectivity index (χ4v) is 10.6. The molecule has 0 bridgehead atoms. The lowest BCUT2D eigenvalue weighted by Crippen LogP contribution is -2.61. The maximum atomic E-state index is 14.5. The lowest BCUT2D eigenvalue weighted by molar-refractivity contribution is -0.302. The van der Waals surface area contributed by atoms with Crippen LogP contribution < -0.4 is 5.32 Å². The molecule has 1 aromatic rings. The molecular formula is C47H78N2O13. The Morgan fingerprint density at radius 1 is 0.968 bits per heavy atom. The van der Waals surface area contributed by atoms with Crippen molar-refractivity contribution in [2.75, 3.05) is 34.4 Å². The highest BCUT2D eigenvalue weighted by Gasteiger charge is 2.66. The summed E-state index contributed by atoms with van der Waals surface area (Å²) in [7, 11) is 5.47. The average Bonchev–Trinajstić information content (AvgIpc) is 4.04. The normalized spacial score (nSPS) is 44.8. The van der Waals surface area contributed by atoms with Gasteiger partial charge in [0.1, 0.15) is 30.0 Å². The third-order valence-corrected chi connectivity index (χ3v) is 14.5. The predicted octanol–water partition coefficient (Wildman–Crippen LogP) is 4.99. The van der Waals surface area contributed by atoms with Gasteiger partial charge in [-0.05, 0) is 105 Å². The lowest BCUT2D eigenvalue weighted by atomic mass is 9.69. The Morgan fingerprint density at radius 3 is 2.23 bits per heavy atom. The summed E-state index contributed by atoms with van der Waals surface area (Å²) in [6, 6.07) is 8.36. The lowest BCUT2D eigenvalue weighted by Gasteiger charge is -2.49. The molecule has 15 nitrogen and oxygen atoms in total. The SMILES string of the molecule is CC[C@H]1OC(=O)[C@H](C)[C@@H](OC2C[C@@H](C)[C@@]3(CO3)[C@](C)(OC)C2)[C@H](C)[C@@H](OC2O[C@H](C)C[C@H](N(C)C)[C@H]2OC(=O)OCc2ccccc2)[C@](C)(O)C[C@@H](C)CN[C@H](C)[C@@H](O)[C@]1(C)O. The molecule has 0 aromatic heterocycles. The van der Waals surface area contributed by atoms with Gasteiger partial charge >= 0.3 is 12.1 Å². The molecule has 62 heavy (non-hydrogen) atoms. The summed E-state index contributed by atoms with van der Waals surface area (Å²) >= 11 is 0. The van der Waals surface area contributed by atoms with E-state index in [0.29, 0.717) is 32.4 Å². The zero-order chi connectivity index (χ0) is 45.9. The molecule has 3 aliphatic heterocycles. The zero-order valence-electron chi connectivity index (χ0n) is 39.5. The standard InChI is InChI=1S/C47H78N2O13/c1-14-36-46(10,54)39(50)32(7)48-24-27(2)22-44(8,53)40(30(5)37(31(6)41(51)60-36)59-34-20-28(3)47(26-57-47)45(9,23-34)55-13)62-42-38(35(49(11)12)21-29(4)58-42)61-43(52)56-25-33-18-16-15-17-19-33/h15-19,27-32,34-40,42,48,50,53-54H,14,20-26H2,1-13H3/t27-,28-,29-,30+,31-,32-,34?,35+,36-,37+,38-,39-,40-,42?,44-,45-,46-,47+/m1/s1. The molecule has 1 aliphatic carbocycles. The van der Waals surface area contributed by atoms with Crippen LogP contribution in [-0.2, 0) is 49.3 Å². The first-order valence-electron chi connectivity index (χ1n) is 22.8. The smallest absolute Gasteiger partial charge is 0.459 e. The minimum absolute atomic E-state index is 0.00816. The summed E-state index contributed by atoms with van der Waals surface area (Å²) in [4.78, 5) is 29.9. The van der Waals surface area contributed by atoms with E-state index in [9.17, 15) is 24.9 Å². The molecule has 5 rings (SSSR count). The third-order valence-electron chi connectivity index (χ3n) is 14.5. The van der Waals surface area contributed by atoms with Crippen molar-refractivity contribution >= 4 is 12.1 Å². The Morgan fingerprint density at radius 2 is 1.63 bits per heavy atom. The fourth-order valence-electron chi connectivity index (χ4n) is 10.6. The van der Waals surface area contributed by atoms with Gasteiger partial charge in [0.15, 0.2) is 12.4 Å². The van der Waals surface area contributed by atoms with Crippen molar-refractivity contribution < 1.29 is 62.8 Å². The number of methoxy groups -OCH3 is 1. The Labute approximate surface area is 369 Å². The number of ether oxygens (including phenoxy) is 8. The maximum absolute atomic E-state index is 14.5. The quantitative estimate of drug-likeness (QED) is 0.182. The molecule has 18 atom stereocenters. The number of esters is 1. The van der Waals surface area contributed by atoms with Crippen LogP contribution in [0.5, 0.6) is 0 Å². The number of carbonyl (C=O) groups excluding carboxylic acids is 2.